The number of amides is 1. The van der Waals surface area contributed by atoms with E-state index in [1.807, 2.05) is 54.0 Å². The predicted octanol–water partition coefficient (Wildman–Crippen LogP) is 2.60. The monoisotopic (exact) mass is 299 g/mol. The third kappa shape index (κ3) is 2.58. The molecule has 116 valence electrons. The van der Waals surface area contributed by atoms with Crippen LogP contribution in [0, 0.1) is 13.8 Å². The van der Waals surface area contributed by atoms with E-state index in [2.05, 4.69) is 5.10 Å². The van der Waals surface area contributed by atoms with Crippen molar-refractivity contribution in [2.75, 3.05) is 20.2 Å². The SMILES string of the molecule is COc1cccc(C(=O)N2CCC(n3cc(C)cn3)C2)c1C. The van der Waals surface area contributed by atoms with Crippen molar-refractivity contribution in [1.82, 2.24) is 14.7 Å². The van der Waals surface area contributed by atoms with Crippen LogP contribution in [0.4, 0.5) is 0 Å². The molecule has 0 spiro atoms. The number of ether oxygens (including phenoxy) is 1. The van der Waals surface area contributed by atoms with Crippen LogP contribution in [0.3, 0.4) is 0 Å². The Labute approximate surface area is 130 Å². The maximum Gasteiger partial charge on any atom is 0.254 e. The Kier molecular flexibility index (Phi) is 3.88. The van der Waals surface area contributed by atoms with Crippen LogP contribution in [0.25, 0.3) is 0 Å². The fourth-order valence-electron chi connectivity index (χ4n) is 3.01. The van der Waals surface area contributed by atoms with E-state index in [0.717, 1.165) is 35.4 Å². The molecule has 1 aromatic heterocycles. The average Bonchev–Trinajstić information content (AvgIpc) is 3.15. The molecular formula is C17H21N3O2. The highest BCUT2D eigenvalue weighted by Gasteiger charge is 2.29. The van der Waals surface area contributed by atoms with Gasteiger partial charge in [0, 0.05) is 30.4 Å². The zero-order chi connectivity index (χ0) is 15.7. The predicted molar refractivity (Wildman–Crippen MR) is 84.3 cm³/mol. The Morgan fingerprint density at radius 3 is 2.86 bits per heavy atom. The number of rotatable bonds is 3. The fourth-order valence-corrected chi connectivity index (χ4v) is 3.01. The highest BCUT2D eigenvalue weighted by Crippen LogP contribution is 2.26. The summed E-state index contributed by atoms with van der Waals surface area (Å²) in [5, 5.41) is 4.37. The van der Waals surface area contributed by atoms with Gasteiger partial charge in [-0.3, -0.25) is 9.48 Å². The summed E-state index contributed by atoms with van der Waals surface area (Å²) in [6, 6.07) is 5.88. The summed E-state index contributed by atoms with van der Waals surface area (Å²) >= 11 is 0. The van der Waals surface area contributed by atoms with Crippen LogP contribution in [0.15, 0.2) is 30.6 Å². The van der Waals surface area contributed by atoms with Crippen LogP contribution in [0.2, 0.25) is 0 Å². The van der Waals surface area contributed by atoms with Gasteiger partial charge in [-0.1, -0.05) is 6.07 Å². The Balaban J connectivity index is 1.77. The van der Waals surface area contributed by atoms with Crippen LogP contribution < -0.4 is 4.74 Å². The molecule has 1 atom stereocenters. The van der Waals surface area contributed by atoms with Gasteiger partial charge in [-0.05, 0) is 38.0 Å². The number of hydrogen-bond acceptors (Lipinski definition) is 3. The van der Waals surface area contributed by atoms with Gasteiger partial charge in [0.2, 0.25) is 0 Å². The number of likely N-dealkylation sites (tertiary alicyclic amines) is 1. The number of hydrogen-bond donors (Lipinski definition) is 0. The second-order valence-electron chi connectivity index (χ2n) is 5.82. The largest absolute Gasteiger partial charge is 0.496 e. The summed E-state index contributed by atoms with van der Waals surface area (Å²) in [4.78, 5) is 14.7. The molecule has 0 saturated carbocycles. The van der Waals surface area contributed by atoms with Crippen molar-refractivity contribution in [3.63, 3.8) is 0 Å². The third-order valence-electron chi connectivity index (χ3n) is 4.29. The molecule has 0 bridgehead atoms. The lowest BCUT2D eigenvalue weighted by atomic mass is 10.1. The maximum absolute atomic E-state index is 12.8. The highest BCUT2D eigenvalue weighted by atomic mass is 16.5. The summed E-state index contributed by atoms with van der Waals surface area (Å²) in [7, 11) is 1.63. The van der Waals surface area contributed by atoms with Crippen molar-refractivity contribution in [2.24, 2.45) is 0 Å². The van der Waals surface area contributed by atoms with Crippen molar-refractivity contribution in [3.8, 4) is 5.75 Å². The van der Waals surface area contributed by atoms with Crippen molar-refractivity contribution in [1.29, 1.82) is 0 Å². The third-order valence-corrected chi connectivity index (χ3v) is 4.29. The molecule has 0 N–H and O–H groups in total. The topological polar surface area (TPSA) is 47.4 Å². The molecule has 1 aliphatic heterocycles. The van der Waals surface area contributed by atoms with Crippen molar-refractivity contribution in [2.45, 2.75) is 26.3 Å². The molecular weight excluding hydrogens is 278 g/mol. The van der Waals surface area contributed by atoms with Gasteiger partial charge in [0.1, 0.15) is 5.75 Å². The minimum Gasteiger partial charge on any atom is -0.496 e. The van der Waals surface area contributed by atoms with Gasteiger partial charge in [0.25, 0.3) is 5.91 Å². The molecule has 1 aromatic carbocycles. The number of aryl methyl sites for hydroxylation is 1. The van der Waals surface area contributed by atoms with Crippen molar-refractivity contribution < 1.29 is 9.53 Å². The van der Waals surface area contributed by atoms with E-state index < -0.39 is 0 Å². The first-order valence-electron chi connectivity index (χ1n) is 7.54. The minimum atomic E-state index is 0.0720. The summed E-state index contributed by atoms with van der Waals surface area (Å²) < 4.78 is 7.28. The minimum absolute atomic E-state index is 0.0720. The Morgan fingerprint density at radius 1 is 1.36 bits per heavy atom. The van der Waals surface area contributed by atoms with E-state index in [1.165, 1.54) is 0 Å². The second-order valence-corrected chi connectivity index (χ2v) is 5.82. The van der Waals surface area contributed by atoms with Crippen molar-refractivity contribution in [3.05, 3.63) is 47.3 Å². The summed E-state index contributed by atoms with van der Waals surface area (Å²) in [5.41, 5.74) is 2.76. The number of carbonyl (C=O) groups is 1. The first kappa shape index (κ1) is 14.6. The molecule has 22 heavy (non-hydrogen) atoms. The Morgan fingerprint density at radius 2 is 2.18 bits per heavy atom. The number of benzene rings is 1. The van der Waals surface area contributed by atoms with Crippen LogP contribution in [-0.4, -0.2) is 40.8 Å². The maximum atomic E-state index is 12.8. The van der Waals surface area contributed by atoms with Crippen LogP contribution in [0.1, 0.15) is 33.9 Å². The molecule has 1 aliphatic rings. The quantitative estimate of drug-likeness (QED) is 0.875. The molecule has 1 fully saturated rings. The molecule has 2 aromatic rings. The van der Waals surface area contributed by atoms with E-state index in [1.54, 1.807) is 7.11 Å². The lowest BCUT2D eigenvalue weighted by Gasteiger charge is -2.19. The van der Waals surface area contributed by atoms with Gasteiger partial charge >= 0.3 is 0 Å². The van der Waals surface area contributed by atoms with Crippen LogP contribution in [-0.2, 0) is 0 Å². The average molecular weight is 299 g/mol. The number of carbonyl (C=O) groups excluding carboxylic acids is 1. The fraction of sp³-hybridized carbons (Fsp3) is 0.412. The number of nitrogens with zero attached hydrogens (tertiary/aromatic N) is 3. The molecule has 3 rings (SSSR count). The lowest BCUT2D eigenvalue weighted by Crippen LogP contribution is -2.29. The second kappa shape index (κ2) is 5.83. The molecule has 1 unspecified atom stereocenters. The van der Waals surface area contributed by atoms with E-state index in [-0.39, 0.29) is 11.9 Å². The first-order valence-corrected chi connectivity index (χ1v) is 7.54. The Bertz CT molecular complexity index is 693. The van der Waals surface area contributed by atoms with Crippen molar-refractivity contribution >= 4 is 5.91 Å². The number of methoxy groups -OCH3 is 1. The van der Waals surface area contributed by atoms with Gasteiger partial charge in [-0.15, -0.1) is 0 Å². The summed E-state index contributed by atoms with van der Waals surface area (Å²) in [5.74, 6) is 0.826. The van der Waals surface area contributed by atoms with E-state index in [0.29, 0.717) is 6.54 Å². The molecule has 2 heterocycles. The smallest absolute Gasteiger partial charge is 0.254 e. The molecule has 0 aliphatic carbocycles. The molecule has 5 heteroatoms. The first-order chi connectivity index (χ1) is 10.6. The Hall–Kier alpha value is -2.30. The van der Waals surface area contributed by atoms with Gasteiger partial charge in [-0.25, -0.2) is 0 Å². The van der Waals surface area contributed by atoms with Crippen LogP contribution in [0.5, 0.6) is 5.75 Å². The molecule has 1 saturated heterocycles. The molecule has 5 nitrogen and oxygen atoms in total. The standard InChI is InChI=1S/C17H21N3O2/c1-12-9-18-20(10-12)14-7-8-19(11-14)17(21)15-5-4-6-16(22-3)13(15)2/h4-6,9-10,14H,7-8,11H2,1-3H3. The van der Waals surface area contributed by atoms with E-state index >= 15 is 0 Å². The number of aromatic nitrogens is 2. The van der Waals surface area contributed by atoms with Gasteiger partial charge in [-0.2, -0.15) is 5.10 Å². The zero-order valence-electron chi connectivity index (χ0n) is 13.2. The van der Waals surface area contributed by atoms with Gasteiger partial charge in [0.15, 0.2) is 0 Å². The zero-order valence-corrected chi connectivity index (χ0v) is 13.2. The lowest BCUT2D eigenvalue weighted by molar-refractivity contribution is 0.0786. The molecule has 1 amide bonds. The molecule has 0 radical (unpaired) electrons. The van der Waals surface area contributed by atoms with Crippen LogP contribution >= 0.6 is 0 Å². The highest BCUT2D eigenvalue weighted by molar-refractivity contribution is 5.96. The summed E-state index contributed by atoms with van der Waals surface area (Å²) in [6.07, 6.45) is 4.84. The normalized spacial score (nSPS) is 17.8. The van der Waals surface area contributed by atoms with E-state index in [9.17, 15) is 4.79 Å². The van der Waals surface area contributed by atoms with Gasteiger partial charge < -0.3 is 9.64 Å². The van der Waals surface area contributed by atoms with Gasteiger partial charge in [0.05, 0.1) is 19.3 Å². The summed E-state index contributed by atoms with van der Waals surface area (Å²) in [6.45, 7) is 5.42. The van der Waals surface area contributed by atoms with E-state index in [4.69, 9.17) is 4.74 Å².